The van der Waals surface area contributed by atoms with Crippen LogP contribution >= 0.6 is 0 Å². The van der Waals surface area contributed by atoms with E-state index in [0.29, 0.717) is 5.56 Å². The number of benzene rings is 2. The van der Waals surface area contributed by atoms with Gasteiger partial charge in [-0.05, 0) is 30.5 Å². The molecule has 0 bridgehead atoms. The van der Waals surface area contributed by atoms with Crippen molar-refractivity contribution in [2.45, 2.75) is 38.8 Å². The van der Waals surface area contributed by atoms with Crippen molar-refractivity contribution >= 4 is 17.8 Å². The zero-order valence-corrected chi connectivity index (χ0v) is 17.9. The van der Waals surface area contributed by atoms with Crippen molar-refractivity contribution < 1.29 is 19.1 Å². The van der Waals surface area contributed by atoms with Crippen LogP contribution in [0.5, 0.6) is 0 Å². The predicted octanol–water partition coefficient (Wildman–Crippen LogP) is 2.63. The summed E-state index contributed by atoms with van der Waals surface area (Å²) in [7, 11) is 0. The van der Waals surface area contributed by atoms with E-state index in [1.807, 2.05) is 44.2 Å². The van der Waals surface area contributed by atoms with E-state index in [2.05, 4.69) is 16.7 Å². The van der Waals surface area contributed by atoms with Crippen LogP contribution in [0.4, 0.5) is 0 Å². The minimum atomic E-state index is -1.07. The third kappa shape index (κ3) is 6.96. The van der Waals surface area contributed by atoms with Gasteiger partial charge in [-0.2, -0.15) is 5.26 Å². The molecule has 0 fully saturated rings. The number of nitrogens with one attached hydrogen (secondary N) is 2. The summed E-state index contributed by atoms with van der Waals surface area (Å²) in [4.78, 5) is 37.5. The van der Waals surface area contributed by atoms with E-state index in [0.717, 1.165) is 5.56 Å². The highest BCUT2D eigenvalue weighted by atomic mass is 16.5. The van der Waals surface area contributed by atoms with Crippen molar-refractivity contribution in [1.82, 2.24) is 10.6 Å². The highest BCUT2D eigenvalue weighted by Crippen LogP contribution is 2.15. The molecule has 162 valence electrons. The highest BCUT2D eigenvalue weighted by Gasteiger charge is 2.31. The SMILES string of the molecule is CC(C)[C@@](C)(C#N)NC(=O)COC(=O)[C@H](Cc1ccccc1)NC(=O)c1ccccc1. The fraction of sp³-hybridized carbons (Fsp3) is 0.333. The first-order valence-electron chi connectivity index (χ1n) is 10.0. The average Bonchev–Trinajstić information content (AvgIpc) is 2.78. The minimum absolute atomic E-state index is 0.131. The number of ether oxygens (including phenoxy) is 1. The third-order valence-electron chi connectivity index (χ3n) is 5.04. The zero-order chi connectivity index (χ0) is 22.9. The first kappa shape index (κ1) is 23.6. The number of rotatable bonds is 9. The quantitative estimate of drug-likeness (QED) is 0.605. The van der Waals surface area contributed by atoms with Gasteiger partial charge in [-0.3, -0.25) is 9.59 Å². The molecular formula is C24H27N3O4. The van der Waals surface area contributed by atoms with Crippen LogP contribution in [-0.4, -0.2) is 36.0 Å². The van der Waals surface area contributed by atoms with E-state index >= 15 is 0 Å². The minimum Gasteiger partial charge on any atom is -0.454 e. The lowest BCUT2D eigenvalue weighted by Crippen LogP contribution is -2.51. The summed E-state index contributed by atoms with van der Waals surface area (Å²) in [6.45, 7) is 4.68. The maximum Gasteiger partial charge on any atom is 0.329 e. The maximum atomic E-state index is 12.7. The standard InChI is InChI=1S/C24H27N3O4/c1-17(2)24(3,16-25)27-21(28)15-31-23(30)20(14-18-10-6-4-7-11-18)26-22(29)19-12-8-5-9-13-19/h4-13,17,20H,14-15H2,1-3H3,(H,26,29)(H,27,28)/t20-,24+/m0/s1. The number of hydrogen-bond donors (Lipinski definition) is 2. The lowest BCUT2D eigenvalue weighted by molar-refractivity contribution is -0.150. The van der Waals surface area contributed by atoms with Crippen molar-refractivity contribution in [2.75, 3.05) is 6.61 Å². The van der Waals surface area contributed by atoms with Crippen LogP contribution in [0.15, 0.2) is 60.7 Å². The van der Waals surface area contributed by atoms with Gasteiger partial charge in [-0.25, -0.2) is 4.79 Å². The molecule has 0 aromatic heterocycles. The second-order valence-corrected chi connectivity index (χ2v) is 7.71. The Balaban J connectivity index is 2.06. The number of nitriles is 1. The number of hydrogen-bond acceptors (Lipinski definition) is 5. The van der Waals surface area contributed by atoms with Gasteiger partial charge in [-0.15, -0.1) is 0 Å². The second-order valence-electron chi connectivity index (χ2n) is 7.71. The van der Waals surface area contributed by atoms with Gasteiger partial charge in [0.05, 0.1) is 6.07 Å². The van der Waals surface area contributed by atoms with Gasteiger partial charge in [0.15, 0.2) is 6.61 Å². The third-order valence-corrected chi connectivity index (χ3v) is 5.04. The van der Waals surface area contributed by atoms with Crippen LogP contribution < -0.4 is 10.6 Å². The number of nitrogens with zero attached hydrogens (tertiary/aromatic N) is 1. The van der Waals surface area contributed by atoms with E-state index in [1.54, 1.807) is 37.3 Å². The lowest BCUT2D eigenvalue weighted by Gasteiger charge is -2.27. The molecule has 7 heteroatoms. The molecule has 2 amide bonds. The van der Waals surface area contributed by atoms with Gasteiger partial charge >= 0.3 is 5.97 Å². The highest BCUT2D eigenvalue weighted by molar-refractivity contribution is 5.97. The summed E-state index contributed by atoms with van der Waals surface area (Å²) in [5.41, 5.74) is 0.168. The van der Waals surface area contributed by atoms with Crippen LogP contribution in [0, 0.1) is 17.2 Å². The molecule has 7 nitrogen and oxygen atoms in total. The van der Waals surface area contributed by atoms with Crippen molar-refractivity contribution in [3.8, 4) is 6.07 Å². The van der Waals surface area contributed by atoms with Crippen LogP contribution in [-0.2, 0) is 20.7 Å². The molecule has 0 spiro atoms. The van der Waals surface area contributed by atoms with Gasteiger partial charge in [0.1, 0.15) is 11.6 Å². The summed E-state index contributed by atoms with van der Waals surface area (Å²) in [5, 5.41) is 14.6. The summed E-state index contributed by atoms with van der Waals surface area (Å²) in [5.74, 6) is -1.86. The first-order chi connectivity index (χ1) is 14.7. The summed E-state index contributed by atoms with van der Waals surface area (Å²) in [6.07, 6.45) is 0.210. The normalized spacial score (nSPS) is 13.4. The molecule has 2 rings (SSSR count). The van der Waals surface area contributed by atoms with Gasteiger partial charge in [0.25, 0.3) is 11.8 Å². The molecule has 0 aliphatic rings. The van der Waals surface area contributed by atoms with Gasteiger partial charge in [0.2, 0.25) is 0 Å². The number of esters is 1. The summed E-state index contributed by atoms with van der Waals surface area (Å²) in [6, 6.07) is 18.8. The van der Waals surface area contributed by atoms with Crippen molar-refractivity contribution in [3.05, 3.63) is 71.8 Å². The molecule has 2 aromatic rings. The summed E-state index contributed by atoms with van der Waals surface area (Å²) >= 11 is 0. The number of carbonyl (C=O) groups excluding carboxylic acids is 3. The molecule has 0 radical (unpaired) electrons. The van der Waals surface area contributed by atoms with E-state index in [-0.39, 0.29) is 12.3 Å². The van der Waals surface area contributed by atoms with Crippen LogP contribution in [0.1, 0.15) is 36.7 Å². The predicted molar refractivity (Wildman–Crippen MR) is 116 cm³/mol. The van der Waals surface area contributed by atoms with Crippen molar-refractivity contribution in [1.29, 1.82) is 5.26 Å². The Morgan fingerprint density at radius 2 is 1.61 bits per heavy atom. The lowest BCUT2D eigenvalue weighted by atomic mass is 9.90. The molecule has 0 unspecified atom stereocenters. The molecule has 0 heterocycles. The van der Waals surface area contributed by atoms with Gasteiger partial charge < -0.3 is 15.4 Å². The van der Waals surface area contributed by atoms with Crippen molar-refractivity contribution in [3.63, 3.8) is 0 Å². The number of carbonyl (C=O) groups is 3. The van der Waals surface area contributed by atoms with E-state index < -0.39 is 36.0 Å². The monoisotopic (exact) mass is 421 g/mol. The Kier molecular flexibility index (Phi) is 8.33. The zero-order valence-electron chi connectivity index (χ0n) is 17.9. The van der Waals surface area contributed by atoms with E-state index in [9.17, 15) is 19.6 Å². The van der Waals surface area contributed by atoms with Gasteiger partial charge in [-0.1, -0.05) is 62.4 Å². The smallest absolute Gasteiger partial charge is 0.329 e. The second kappa shape index (κ2) is 10.9. The fourth-order valence-electron chi connectivity index (χ4n) is 2.74. The average molecular weight is 421 g/mol. The van der Waals surface area contributed by atoms with Crippen LogP contribution in [0.3, 0.4) is 0 Å². The maximum absolute atomic E-state index is 12.7. The van der Waals surface area contributed by atoms with Crippen LogP contribution in [0.25, 0.3) is 0 Å². The number of amides is 2. The summed E-state index contributed by atoms with van der Waals surface area (Å²) < 4.78 is 5.17. The van der Waals surface area contributed by atoms with E-state index in [4.69, 9.17) is 4.74 Å². The Morgan fingerprint density at radius 3 is 2.16 bits per heavy atom. The van der Waals surface area contributed by atoms with Crippen molar-refractivity contribution in [2.24, 2.45) is 5.92 Å². The molecule has 0 aliphatic heterocycles. The topological polar surface area (TPSA) is 108 Å². The Hall–Kier alpha value is -3.66. The Labute approximate surface area is 182 Å². The first-order valence-corrected chi connectivity index (χ1v) is 10.0. The Bertz CT molecular complexity index is 938. The molecule has 2 N–H and O–H groups in total. The molecule has 2 atom stereocenters. The molecule has 0 aliphatic carbocycles. The Morgan fingerprint density at radius 1 is 1.03 bits per heavy atom. The fourth-order valence-corrected chi connectivity index (χ4v) is 2.74. The van der Waals surface area contributed by atoms with Gasteiger partial charge in [0, 0.05) is 12.0 Å². The molecule has 2 aromatic carbocycles. The molecule has 0 saturated carbocycles. The molecule has 31 heavy (non-hydrogen) atoms. The van der Waals surface area contributed by atoms with Crippen LogP contribution in [0.2, 0.25) is 0 Å². The molecular weight excluding hydrogens is 394 g/mol. The van der Waals surface area contributed by atoms with E-state index in [1.165, 1.54) is 0 Å². The molecule has 0 saturated heterocycles. The largest absolute Gasteiger partial charge is 0.454 e.